The summed E-state index contributed by atoms with van der Waals surface area (Å²) in [6, 6.07) is 27.4. The van der Waals surface area contributed by atoms with Crippen LogP contribution in [0.2, 0.25) is 0 Å². The van der Waals surface area contributed by atoms with Gasteiger partial charge >= 0.3 is 0 Å². The Hall–Kier alpha value is -4.77. The lowest BCUT2D eigenvalue weighted by Crippen LogP contribution is -2.00. The molecule has 0 unspecified atom stereocenters. The minimum absolute atomic E-state index is 0.114. The van der Waals surface area contributed by atoms with Gasteiger partial charge in [0.2, 0.25) is 5.71 Å². The first-order valence-electron chi connectivity index (χ1n) is 11.4. The van der Waals surface area contributed by atoms with Gasteiger partial charge in [0.25, 0.3) is 0 Å². The number of furan rings is 1. The van der Waals surface area contributed by atoms with E-state index in [0.29, 0.717) is 22.6 Å². The third-order valence-electron chi connectivity index (χ3n) is 6.78. The van der Waals surface area contributed by atoms with Gasteiger partial charge in [-0.2, -0.15) is 4.98 Å². The van der Waals surface area contributed by atoms with Gasteiger partial charge in [0.1, 0.15) is 17.1 Å². The minimum atomic E-state index is -0.277. The highest BCUT2D eigenvalue weighted by molar-refractivity contribution is 6.42. The molecule has 0 saturated carbocycles. The molecule has 5 heteroatoms. The monoisotopic (exact) mass is 454 g/mol. The van der Waals surface area contributed by atoms with E-state index in [2.05, 4.69) is 18.2 Å². The molecule has 6 aromatic rings. The summed E-state index contributed by atoms with van der Waals surface area (Å²) in [6.07, 6.45) is 1.54. The number of Topliss-reactive ketones (excluding diaryl/α,β-unsaturated/α-hetero) is 2. The number of fused-ring (bicyclic) bond motifs is 4. The second kappa shape index (κ2) is 7.11. The third-order valence-corrected chi connectivity index (χ3v) is 6.78. The summed E-state index contributed by atoms with van der Waals surface area (Å²) in [7, 11) is 1.94. The van der Waals surface area contributed by atoms with Gasteiger partial charge in [-0.05, 0) is 39.8 Å². The van der Waals surface area contributed by atoms with E-state index in [1.807, 2.05) is 66.2 Å². The molecule has 1 aliphatic carbocycles. The standard InChI is InChI=1S/C30H18N2O3/c1-32-26-16-20(35-30(26)31-29(32)22-12-6-10-17-7-4-5-11-21(17)22)15-25-27(33)23-13-18-8-2-3-9-19(18)14-24(23)28(25)34/h2-16H,1H3. The number of allylic oxidation sites excluding steroid dienone is 1. The summed E-state index contributed by atoms with van der Waals surface area (Å²) in [4.78, 5) is 30.9. The first-order valence-corrected chi connectivity index (χ1v) is 11.4. The van der Waals surface area contributed by atoms with Gasteiger partial charge in [-0.1, -0.05) is 66.7 Å². The molecule has 0 radical (unpaired) electrons. The number of hydrogen-bond donors (Lipinski definition) is 0. The number of ketones is 2. The van der Waals surface area contributed by atoms with E-state index in [-0.39, 0.29) is 17.1 Å². The van der Waals surface area contributed by atoms with Crippen molar-refractivity contribution in [1.29, 1.82) is 0 Å². The van der Waals surface area contributed by atoms with Crippen LogP contribution >= 0.6 is 0 Å². The molecule has 166 valence electrons. The molecule has 2 aromatic heterocycles. The molecule has 1 aliphatic rings. The van der Waals surface area contributed by atoms with Gasteiger partial charge in [0.05, 0.1) is 5.57 Å². The highest BCUT2D eigenvalue weighted by Gasteiger charge is 2.34. The minimum Gasteiger partial charge on any atom is -0.437 e. The topological polar surface area (TPSA) is 65.1 Å². The number of hydrogen-bond acceptors (Lipinski definition) is 4. The van der Waals surface area contributed by atoms with Crippen molar-refractivity contribution in [2.45, 2.75) is 0 Å². The van der Waals surface area contributed by atoms with Crippen molar-refractivity contribution < 1.29 is 14.0 Å². The van der Waals surface area contributed by atoms with Crippen LogP contribution in [-0.4, -0.2) is 21.1 Å². The largest absolute Gasteiger partial charge is 0.437 e. The van der Waals surface area contributed by atoms with Crippen molar-refractivity contribution in [2.24, 2.45) is 7.05 Å². The van der Waals surface area contributed by atoms with E-state index in [4.69, 9.17) is 9.40 Å². The lowest BCUT2D eigenvalue weighted by Gasteiger charge is -2.06. The quantitative estimate of drug-likeness (QED) is 0.218. The molecular weight excluding hydrogens is 436 g/mol. The Morgan fingerprint density at radius 3 is 2.06 bits per heavy atom. The van der Waals surface area contributed by atoms with Crippen molar-refractivity contribution >= 4 is 50.4 Å². The maximum Gasteiger partial charge on any atom is 0.245 e. The number of benzene rings is 4. The zero-order chi connectivity index (χ0) is 23.7. The number of rotatable bonds is 2. The zero-order valence-corrected chi connectivity index (χ0v) is 18.8. The van der Waals surface area contributed by atoms with Crippen LogP contribution in [-0.2, 0) is 7.05 Å². The Morgan fingerprint density at radius 1 is 0.743 bits per heavy atom. The van der Waals surface area contributed by atoms with Crippen molar-refractivity contribution in [3.05, 3.63) is 107 Å². The van der Waals surface area contributed by atoms with Crippen LogP contribution in [0.4, 0.5) is 0 Å². The van der Waals surface area contributed by atoms with Crippen LogP contribution in [0.3, 0.4) is 0 Å². The summed E-state index contributed by atoms with van der Waals surface area (Å²) < 4.78 is 7.96. The highest BCUT2D eigenvalue weighted by Crippen LogP contribution is 2.34. The van der Waals surface area contributed by atoms with Gasteiger partial charge < -0.3 is 8.98 Å². The van der Waals surface area contributed by atoms with E-state index < -0.39 is 0 Å². The molecule has 7 rings (SSSR count). The number of aryl methyl sites for hydroxylation is 1. The fourth-order valence-corrected chi connectivity index (χ4v) is 5.01. The Kier molecular flexibility index (Phi) is 4.00. The summed E-state index contributed by atoms with van der Waals surface area (Å²) >= 11 is 0. The van der Waals surface area contributed by atoms with Gasteiger partial charge in [0, 0.05) is 29.8 Å². The maximum atomic E-state index is 13.1. The second-order valence-electron chi connectivity index (χ2n) is 8.82. The highest BCUT2D eigenvalue weighted by atomic mass is 16.3. The molecule has 0 amide bonds. The summed E-state index contributed by atoms with van der Waals surface area (Å²) in [5.41, 5.74) is 3.26. The van der Waals surface area contributed by atoms with Crippen LogP contribution in [0.15, 0.2) is 94.9 Å². The molecule has 0 spiro atoms. The maximum absolute atomic E-state index is 13.1. The summed E-state index contributed by atoms with van der Waals surface area (Å²) in [6.45, 7) is 0. The van der Waals surface area contributed by atoms with Crippen LogP contribution < -0.4 is 0 Å². The first kappa shape index (κ1) is 19.7. The van der Waals surface area contributed by atoms with Crippen molar-refractivity contribution in [3.8, 4) is 11.4 Å². The number of aromatic nitrogens is 2. The van der Waals surface area contributed by atoms with Crippen LogP contribution in [0, 0.1) is 0 Å². The van der Waals surface area contributed by atoms with Crippen molar-refractivity contribution in [1.82, 2.24) is 9.55 Å². The molecule has 0 bridgehead atoms. The van der Waals surface area contributed by atoms with Crippen LogP contribution in [0.5, 0.6) is 0 Å². The molecule has 0 aliphatic heterocycles. The molecule has 0 saturated heterocycles. The predicted octanol–water partition coefficient (Wildman–Crippen LogP) is 6.60. The molecule has 0 atom stereocenters. The molecule has 4 aromatic carbocycles. The first-order chi connectivity index (χ1) is 17.1. The number of nitrogens with zero attached hydrogens (tertiary/aromatic N) is 2. The number of carbonyl (C=O) groups excluding carboxylic acids is 2. The number of imidazole rings is 1. The summed E-state index contributed by atoms with van der Waals surface area (Å²) in [5, 5.41) is 4.12. The lowest BCUT2D eigenvalue weighted by molar-refractivity contribution is 0.0990. The smallest absolute Gasteiger partial charge is 0.245 e. The average molecular weight is 454 g/mol. The van der Waals surface area contributed by atoms with E-state index >= 15 is 0 Å². The Balaban J connectivity index is 1.31. The third kappa shape index (κ3) is 2.85. The number of carbonyl (C=O) groups is 2. The molecule has 5 nitrogen and oxygen atoms in total. The van der Waals surface area contributed by atoms with Crippen LogP contribution in [0.25, 0.3) is 50.2 Å². The Labute approximate surface area is 199 Å². The van der Waals surface area contributed by atoms with Gasteiger partial charge in [-0.3, -0.25) is 9.59 Å². The summed E-state index contributed by atoms with van der Waals surface area (Å²) in [5.74, 6) is 0.666. The fourth-order valence-electron chi connectivity index (χ4n) is 5.01. The zero-order valence-electron chi connectivity index (χ0n) is 18.8. The SMILES string of the molecule is Cn1c(-c2cccc3ccccc23)nc2oc(C=C3C(=O)c4cc5ccccc5cc4C3=O)cc21. The molecule has 0 N–H and O–H groups in total. The predicted molar refractivity (Wildman–Crippen MR) is 137 cm³/mol. The molecule has 35 heavy (non-hydrogen) atoms. The normalized spacial score (nSPS) is 13.3. The Morgan fingerprint density at radius 2 is 1.37 bits per heavy atom. The van der Waals surface area contributed by atoms with E-state index in [1.54, 1.807) is 12.1 Å². The molecule has 0 fully saturated rings. The molecular formula is C30H18N2O3. The Bertz CT molecular complexity index is 1840. The van der Waals surface area contributed by atoms with E-state index in [0.717, 1.165) is 38.4 Å². The van der Waals surface area contributed by atoms with Gasteiger partial charge in [-0.15, -0.1) is 0 Å². The average Bonchev–Trinajstić information content (AvgIpc) is 3.50. The van der Waals surface area contributed by atoms with Gasteiger partial charge in [0.15, 0.2) is 11.6 Å². The second-order valence-corrected chi connectivity index (χ2v) is 8.82. The van der Waals surface area contributed by atoms with Crippen molar-refractivity contribution in [3.63, 3.8) is 0 Å². The lowest BCUT2D eigenvalue weighted by atomic mass is 10.0. The van der Waals surface area contributed by atoms with E-state index in [9.17, 15) is 9.59 Å². The van der Waals surface area contributed by atoms with Crippen LogP contribution in [0.1, 0.15) is 26.5 Å². The van der Waals surface area contributed by atoms with E-state index in [1.165, 1.54) is 6.08 Å². The van der Waals surface area contributed by atoms with Gasteiger partial charge in [-0.25, -0.2) is 0 Å². The molecule has 2 heterocycles. The van der Waals surface area contributed by atoms with Crippen molar-refractivity contribution in [2.75, 3.05) is 0 Å². The fraction of sp³-hybridized carbons (Fsp3) is 0.0333.